The predicted octanol–water partition coefficient (Wildman–Crippen LogP) is -0.328. The van der Waals surface area contributed by atoms with Gasteiger partial charge in [0.15, 0.2) is 0 Å². The summed E-state index contributed by atoms with van der Waals surface area (Å²) in [7, 11) is -3.84. The molecule has 3 N–H and O–H groups in total. The van der Waals surface area contributed by atoms with Crippen molar-refractivity contribution < 1.29 is 13.5 Å². The molecule has 0 saturated heterocycles. The van der Waals surface area contributed by atoms with E-state index < -0.39 is 20.9 Å². The van der Waals surface area contributed by atoms with Crippen LogP contribution < -0.4 is 10.2 Å². The van der Waals surface area contributed by atoms with E-state index in [4.69, 9.17) is 5.11 Å². The summed E-state index contributed by atoms with van der Waals surface area (Å²) in [5, 5.41) is 9.01. The topological polar surface area (TPSA) is 99.3 Å². The maximum absolute atomic E-state index is 11.8. The summed E-state index contributed by atoms with van der Waals surface area (Å²) >= 11 is 0. The molecule has 0 fully saturated rings. The van der Waals surface area contributed by atoms with Gasteiger partial charge in [-0.3, -0.25) is 4.79 Å². The molecule has 1 rings (SSSR count). The van der Waals surface area contributed by atoms with E-state index in [1.807, 2.05) is 0 Å². The molecule has 0 unspecified atom stereocenters. The predicted molar refractivity (Wildman–Crippen MR) is 63.1 cm³/mol. The molecule has 0 saturated carbocycles. The van der Waals surface area contributed by atoms with Gasteiger partial charge in [0, 0.05) is 37.0 Å². The van der Waals surface area contributed by atoms with Gasteiger partial charge in [0.1, 0.15) is 4.90 Å². The molecule has 0 spiro atoms. The number of aromatic amines is 1. The van der Waals surface area contributed by atoms with Gasteiger partial charge < -0.3 is 10.1 Å². The van der Waals surface area contributed by atoms with Crippen LogP contribution in [-0.2, 0) is 10.0 Å². The molecule has 1 aromatic rings. The summed E-state index contributed by atoms with van der Waals surface area (Å²) in [5.41, 5.74) is -1.15. The average Bonchev–Trinajstić information content (AvgIpc) is 2.27. The molecule has 0 bridgehead atoms. The fraction of sp³-hybridized carbons (Fsp3) is 0.500. The minimum absolute atomic E-state index is 0.0557. The maximum Gasteiger partial charge on any atom is 0.245 e. The van der Waals surface area contributed by atoms with Crippen LogP contribution in [-0.4, -0.2) is 31.7 Å². The Morgan fingerprint density at radius 2 is 2.12 bits per heavy atom. The molecule has 0 amide bonds. The van der Waals surface area contributed by atoms with Crippen LogP contribution in [0.15, 0.2) is 28.2 Å². The van der Waals surface area contributed by atoms with Gasteiger partial charge in [0.2, 0.25) is 15.5 Å². The van der Waals surface area contributed by atoms with E-state index in [0.29, 0.717) is 0 Å². The van der Waals surface area contributed by atoms with Crippen molar-refractivity contribution in [3.05, 3.63) is 28.7 Å². The molecule has 0 aliphatic carbocycles. The number of aliphatic hydroxyl groups excluding tert-OH is 1. The van der Waals surface area contributed by atoms with Crippen molar-refractivity contribution in [3.63, 3.8) is 0 Å². The molecule has 0 aliphatic heterocycles. The average molecular weight is 260 g/mol. The molecule has 96 valence electrons. The molecule has 7 heteroatoms. The summed E-state index contributed by atoms with van der Waals surface area (Å²) < 4.78 is 25.9. The van der Waals surface area contributed by atoms with Gasteiger partial charge in [-0.15, -0.1) is 0 Å². The second-order valence-corrected chi connectivity index (χ2v) is 6.26. The Morgan fingerprint density at radius 1 is 1.47 bits per heavy atom. The lowest BCUT2D eigenvalue weighted by molar-refractivity contribution is 0.163. The number of aliphatic hydroxyl groups is 1. The molecule has 6 nitrogen and oxygen atoms in total. The Hall–Kier alpha value is -1.18. The third-order valence-corrected chi connectivity index (χ3v) is 3.67. The number of rotatable bonds is 5. The van der Waals surface area contributed by atoms with Gasteiger partial charge in [0.05, 0.1) is 0 Å². The molecule has 1 heterocycles. The van der Waals surface area contributed by atoms with Gasteiger partial charge in [-0.2, -0.15) is 0 Å². The molecule has 1 aromatic heterocycles. The first-order chi connectivity index (χ1) is 7.78. The van der Waals surface area contributed by atoms with E-state index in [-0.39, 0.29) is 18.0 Å². The number of nitrogens with one attached hydrogen (secondary N) is 2. The Morgan fingerprint density at radius 3 is 2.65 bits per heavy atom. The lowest BCUT2D eigenvalue weighted by Crippen LogP contribution is -2.37. The monoisotopic (exact) mass is 260 g/mol. The smallest absolute Gasteiger partial charge is 0.245 e. The largest absolute Gasteiger partial charge is 0.396 e. The van der Waals surface area contributed by atoms with Crippen LogP contribution in [0.2, 0.25) is 0 Å². The van der Waals surface area contributed by atoms with E-state index in [0.717, 1.165) is 12.3 Å². The zero-order chi connectivity index (χ0) is 13.1. The Bertz CT molecular complexity index is 533. The van der Waals surface area contributed by atoms with Crippen molar-refractivity contribution in [1.82, 2.24) is 9.71 Å². The highest BCUT2D eigenvalue weighted by Gasteiger charge is 2.23. The molecular formula is C10H16N2O4S. The standard InChI is InChI=1S/C10H16N2O4S/c1-10(2,7-13)6-12-17(15,16)9-5-11-4-3-8(9)14/h3-5,12-13H,6-7H2,1-2H3,(H,11,14). The van der Waals surface area contributed by atoms with Crippen LogP contribution in [0.4, 0.5) is 0 Å². The lowest BCUT2D eigenvalue weighted by atomic mass is 9.96. The van der Waals surface area contributed by atoms with Crippen molar-refractivity contribution >= 4 is 10.0 Å². The van der Waals surface area contributed by atoms with Gasteiger partial charge in [-0.1, -0.05) is 13.8 Å². The summed E-state index contributed by atoms with van der Waals surface area (Å²) in [5.74, 6) is 0. The Kier molecular flexibility index (Phi) is 4.07. The Labute approximate surface area is 99.7 Å². The fourth-order valence-corrected chi connectivity index (χ4v) is 2.33. The van der Waals surface area contributed by atoms with E-state index in [2.05, 4.69) is 9.71 Å². The lowest BCUT2D eigenvalue weighted by Gasteiger charge is -2.21. The van der Waals surface area contributed by atoms with E-state index in [1.54, 1.807) is 13.8 Å². The Balaban J connectivity index is 2.92. The minimum Gasteiger partial charge on any atom is -0.396 e. The molecule has 0 aromatic carbocycles. The normalized spacial score (nSPS) is 12.6. The van der Waals surface area contributed by atoms with Crippen molar-refractivity contribution in [1.29, 1.82) is 0 Å². The third-order valence-electron chi connectivity index (χ3n) is 2.25. The van der Waals surface area contributed by atoms with Gasteiger partial charge in [-0.25, -0.2) is 13.1 Å². The zero-order valence-corrected chi connectivity index (χ0v) is 10.5. The number of hydrogen-bond donors (Lipinski definition) is 3. The number of H-pyrrole nitrogens is 1. The minimum atomic E-state index is -3.84. The summed E-state index contributed by atoms with van der Waals surface area (Å²) in [6.45, 7) is 3.33. The highest BCUT2D eigenvalue weighted by molar-refractivity contribution is 7.89. The highest BCUT2D eigenvalue weighted by Crippen LogP contribution is 2.12. The van der Waals surface area contributed by atoms with Gasteiger partial charge in [0.25, 0.3) is 0 Å². The van der Waals surface area contributed by atoms with Gasteiger partial charge in [-0.05, 0) is 0 Å². The van der Waals surface area contributed by atoms with Crippen molar-refractivity contribution in [2.75, 3.05) is 13.2 Å². The highest BCUT2D eigenvalue weighted by atomic mass is 32.2. The first kappa shape index (κ1) is 13.9. The first-order valence-electron chi connectivity index (χ1n) is 5.06. The van der Waals surface area contributed by atoms with Crippen LogP contribution in [0.3, 0.4) is 0 Å². The van der Waals surface area contributed by atoms with Crippen LogP contribution in [0.1, 0.15) is 13.8 Å². The molecular weight excluding hydrogens is 244 g/mol. The molecule has 0 radical (unpaired) electrons. The molecule has 0 aliphatic rings. The molecule has 17 heavy (non-hydrogen) atoms. The summed E-state index contributed by atoms with van der Waals surface area (Å²) in [6, 6.07) is 1.14. The quantitative estimate of drug-likeness (QED) is 0.675. The SMILES string of the molecule is CC(C)(CO)CNS(=O)(=O)c1c[nH]ccc1=O. The van der Waals surface area contributed by atoms with Crippen LogP contribution in [0.5, 0.6) is 0 Å². The van der Waals surface area contributed by atoms with Crippen LogP contribution in [0, 0.1) is 5.41 Å². The second-order valence-electron chi connectivity index (χ2n) is 4.52. The van der Waals surface area contributed by atoms with Crippen molar-refractivity contribution in [3.8, 4) is 0 Å². The number of hydrogen-bond acceptors (Lipinski definition) is 4. The van der Waals surface area contributed by atoms with E-state index in [9.17, 15) is 13.2 Å². The number of pyridine rings is 1. The van der Waals surface area contributed by atoms with Crippen molar-refractivity contribution in [2.45, 2.75) is 18.7 Å². The second kappa shape index (κ2) is 4.99. The van der Waals surface area contributed by atoms with Crippen molar-refractivity contribution in [2.24, 2.45) is 5.41 Å². The number of sulfonamides is 1. The zero-order valence-electron chi connectivity index (χ0n) is 9.73. The molecule has 0 atom stereocenters. The van der Waals surface area contributed by atoms with Gasteiger partial charge >= 0.3 is 0 Å². The van der Waals surface area contributed by atoms with Crippen LogP contribution in [0.25, 0.3) is 0 Å². The third kappa shape index (κ3) is 3.65. The summed E-state index contributed by atoms with van der Waals surface area (Å²) in [4.78, 5) is 13.6. The van der Waals surface area contributed by atoms with E-state index >= 15 is 0 Å². The summed E-state index contributed by atoms with van der Waals surface area (Å²) in [6.07, 6.45) is 2.50. The fourth-order valence-electron chi connectivity index (χ4n) is 1.03. The number of aromatic nitrogens is 1. The van der Waals surface area contributed by atoms with Crippen LogP contribution >= 0.6 is 0 Å². The first-order valence-corrected chi connectivity index (χ1v) is 6.54. The van der Waals surface area contributed by atoms with E-state index in [1.165, 1.54) is 6.20 Å². The maximum atomic E-state index is 11.8.